The van der Waals surface area contributed by atoms with Gasteiger partial charge >= 0.3 is 0 Å². The highest BCUT2D eigenvalue weighted by Gasteiger charge is 2.23. The first-order valence-corrected chi connectivity index (χ1v) is 5.52. The summed E-state index contributed by atoms with van der Waals surface area (Å²) in [4.78, 5) is 16.7. The van der Waals surface area contributed by atoms with Gasteiger partial charge < -0.3 is 10.3 Å². The first kappa shape index (κ1) is 10.8. The Hall–Kier alpha value is -2.34. The molecule has 0 radical (unpaired) electrons. The Morgan fingerprint density at radius 3 is 2.61 bits per heavy atom. The summed E-state index contributed by atoms with van der Waals surface area (Å²) < 4.78 is 4.80. The van der Waals surface area contributed by atoms with E-state index in [1.54, 1.807) is 18.3 Å². The molecule has 0 bridgehead atoms. The van der Waals surface area contributed by atoms with Gasteiger partial charge in [0.05, 0.1) is 30.5 Å². The van der Waals surface area contributed by atoms with E-state index in [-0.39, 0.29) is 11.8 Å². The minimum absolute atomic E-state index is 0.0350. The highest BCUT2D eigenvalue weighted by molar-refractivity contribution is 5.93. The predicted octanol–water partition coefficient (Wildman–Crippen LogP) is 1.59. The molecule has 1 aromatic carbocycles. The Kier molecular flexibility index (Phi) is 2.49. The topological polar surface area (TPSA) is 81.6 Å². The highest BCUT2D eigenvalue weighted by Crippen LogP contribution is 2.28. The highest BCUT2D eigenvalue weighted by atomic mass is 16.7. The molecular formula is C12H11N3O3. The minimum Gasteiger partial charge on any atom is -0.367 e. The summed E-state index contributed by atoms with van der Waals surface area (Å²) in [7, 11) is 0. The lowest BCUT2D eigenvalue weighted by Gasteiger charge is -2.13. The van der Waals surface area contributed by atoms with Crippen molar-refractivity contribution < 1.29 is 14.2 Å². The van der Waals surface area contributed by atoms with Gasteiger partial charge in [0, 0.05) is 0 Å². The number of hydrogen-bond donors (Lipinski definition) is 1. The van der Waals surface area contributed by atoms with Crippen LogP contribution < -0.4 is 10.8 Å². The number of amides is 1. The maximum atomic E-state index is 11.5. The lowest BCUT2D eigenvalue weighted by Crippen LogP contribution is -2.21. The van der Waals surface area contributed by atoms with Gasteiger partial charge in [0.15, 0.2) is 0 Å². The SMILES string of the molecule is Nc1oncc1-c1ccc(N2OCCC2=O)cc1. The molecule has 1 amide bonds. The number of benzene rings is 1. The molecule has 0 unspecified atom stereocenters. The Morgan fingerprint density at radius 2 is 2.06 bits per heavy atom. The standard InChI is InChI=1S/C12H11N3O3/c13-12-10(7-14-18-12)8-1-3-9(4-2-8)15-11(16)5-6-17-15/h1-4,7H,5-6,13H2. The van der Waals surface area contributed by atoms with Crippen LogP contribution in [0.2, 0.25) is 0 Å². The third kappa shape index (κ3) is 1.72. The van der Waals surface area contributed by atoms with Crippen molar-refractivity contribution in [3.8, 4) is 11.1 Å². The zero-order valence-corrected chi connectivity index (χ0v) is 9.50. The molecular weight excluding hydrogens is 234 g/mol. The quantitative estimate of drug-likeness (QED) is 0.868. The maximum Gasteiger partial charge on any atom is 0.253 e. The first-order chi connectivity index (χ1) is 8.75. The largest absolute Gasteiger partial charge is 0.367 e. The van der Waals surface area contributed by atoms with E-state index in [4.69, 9.17) is 15.1 Å². The number of rotatable bonds is 2. The monoisotopic (exact) mass is 245 g/mol. The molecule has 1 saturated heterocycles. The van der Waals surface area contributed by atoms with Crippen LogP contribution in [0.25, 0.3) is 11.1 Å². The summed E-state index contributed by atoms with van der Waals surface area (Å²) in [6.07, 6.45) is 1.97. The van der Waals surface area contributed by atoms with Crippen LogP contribution in [0.5, 0.6) is 0 Å². The molecule has 0 spiro atoms. The number of carbonyl (C=O) groups is 1. The molecule has 1 aromatic heterocycles. The minimum atomic E-state index is -0.0350. The van der Waals surface area contributed by atoms with E-state index in [9.17, 15) is 4.79 Å². The first-order valence-electron chi connectivity index (χ1n) is 5.52. The summed E-state index contributed by atoms with van der Waals surface area (Å²) in [5, 5.41) is 4.93. The van der Waals surface area contributed by atoms with E-state index in [2.05, 4.69) is 5.16 Å². The lowest BCUT2D eigenvalue weighted by molar-refractivity contribution is -0.119. The number of carbonyl (C=O) groups excluding carboxylic acids is 1. The van der Waals surface area contributed by atoms with Gasteiger partial charge in [-0.25, -0.2) is 0 Å². The molecule has 0 saturated carbocycles. The van der Waals surface area contributed by atoms with E-state index in [1.807, 2.05) is 12.1 Å². The van der Waals surface area contributed by atoms with Gasteiger partial charge in [-0.1, -0.05) is 17.3 Å². The second kappa shape index (κ2) is 4.15. The van der Waals surface area contributed by atoms with Crippen LogP contribution in [0.4, 0.5) is 11.6 Å². The number of nitrogen functional groups attached to an aromatic ring is 1. The average molecular weight is 245 g/mol. The molecule has 0 atom stereocenters. The summed E-state index contributed by atoms with van der Waals surface area (Å²) in [5.74, 6) is 0.239. The van der Waals surface area contributed by atoms with E-state index >= 15 is 0 Å². The van der Waals surface area contributed by atoms with E-state index in [0.29, 0.717) is 18.7 Å². The van der Waals surface area contributed by atoms with Crippen molar-refractivity contribution in [2.45, 2.75) is 6.42 Å². The van der Waals surface area contributed by atoms with Crippen molar-refractivity contribution in [1.82, 2.24) is 5.16 Å². The van der Waals surface area contributed by atoms with Crippen LogP contribution in [0.1, 0.15) is 6.42 Å². The van der Waals surface area contributed by atoms with E-state index in [0.717, 1.165) is 11.1 Å². The smallest absolute Gasteiger partial charge is 0.253 e. The number of hydrogen-bond acceptors (Lipinski definition) is 5. The van der Waals surface area contributed by atoms with Crippen molar-refractivity contribution in [1.29, 1.82) is 0 Å². The zero-order valence-electron chi connectivity index (χ0n) is 9.50. The molecule has 6 heteroatoms. The van der Waals surface area contributed by atoms with Crippen LogP contribution in [-0.2, 0) is 9.63 Å². The summed E-state index contributed by atoms with van der Waals surface area (Å²) >= 11 is 0. The van der Waals surface area contributed by atoms with Crippen molar-refractivity contribution in [3.63, 3.8) is 0 Å². The number of hydroxylamine groups is 1. The van der Waals surface area contributed by atoms with Gasteiger partial charge in [0.2, 0.25) is 5.88 Å². The zero-order chi connectivity index (χ0) is 12.5. The number of anilines is 2. The fourth-order valence-corrected chi connectivity index (χ4v) is 1.86. The molecule has 1 aliphatic heterocycles. The third-order valence-corrected chi connectivity index (χ3v) is 2.77. The number of nitrogens with two attached hydrogens (primary N) is 1. The summed E-state index contributed by atoms with van der Waals surface area (Å²) in [5.41, 5.74) is 7.95. The maximum absolute atomic E-state index is 11.5. The molecule has 0 aliphatic carbocycles. The van der Waals surface area contributed by atoms with Gasteiger partial charge in [-0.2, -0.15) is 5.06 Å². The molecule has 1 aliphatic rings. The molecule has 2 heterocycles. The normalized spacial score (nSPS) is 15.3. The second-order valence-electron chi connectivity index (χ2n) is 3.92. The third-order valence-electron chi connectivity index (χ3n) is 2.77. The van der Waals surface area contributed by atoms with Crippen LogP contribution >= 0.6 is 0 Å². The number of aromatic nitrogens is 1. The van der Waals surface area contributed by atoms with Crippen molar-refractivity contribution in [3.05, 3.63) is 30.5 Å². The predicted molar refractivity (Wildman–Crippen MR) is 64.4 cm³/mol. The Bertz CT molecular complexity index is 577. The van der Waals surface area contributed by atoms with Crippen LogP contribution in [-0.4, -0.2) is 17.7 Å². The van der Waals surface area contributed by atoms with Crippen molar-refractivity contribution in [2.24, 2.45) is 0 Å². The van der Waals surface area contributed by atoms with Crippen LogP contribution in [0.3, 0.4) is 0 Å². The van der Waals surface area contributed by atoms with Gasteiger partial charge in [-0.15, -0.1) is 0 Å². The molecule has 3 rings (SSSR count). The number of nitrogens with zero attached hydrogens (tertiary/aromatic N) is 2. The van der Waals surface area contributed by atoms with E-state index in [1.165, 1.54) is 5.06 Å². The van der Waals surface area contributed by atoms with Crippen molar-refractivity contribution in [2.75, 3.05) is 17.4 Å². The van der Waals surface area contributed by atoms with Gasteiger partial charge in [0.25, 0.3) is 5.91 Å². The van der Waals surface area contributed by atoms with E-state index < -0.39 is 0 Å². The molecule has 2 aromatic rings. The lowest BCUT2D eigenvalue weighted by atomic mass is 10.1. The Balaban J connectivity index is 1.90. The van der Waals surface area contributed by atoms with Gasteiger partial charge in [-0.05, 0) is 17.7 Å². The second-order valence-corrected chi connectivity index (χ2v) is 3.92. The Labute approximate surface area is 103 Å². The van der Waals surface area contributed by atoms with Gasteiger partial charge in [0.1, 0.15) is 0 Å². The molecule has 2 N–H and O–H groups in total. The summed E-state index contributed by atoms with van der Waals surface area (Å²) in [6.45, 7) is 0.430. The Morgan fingerprint density at radius 1 is 1.28 bits per heavy atom. The molecule has 1 fully saturated rings. The molecule has 6 nitrogen and oxygen atoms in total. The summed E-state index contributed by atoms with van der Waals surface area (Å²) in [6, 6.07) is 7.27. The average Bonchev–Trinajstić information content (AvgIpc) is 2.98. The molecule has 18 heavy (non-hydrogen) atoms. The fourth-order valence-electron chi connectivity index (χ4n) is 1.86. The van der Waals surface area contributed by atoms with Gasteiger partial charge in [-0.3, -0.25) is 9.63 Å². The van der Waals surface area contributed by atoms with Crippen molar-refractivity contribution >= 4 is 17.5 Å². The fraction of sp³-hybridized carbons (Fsp3) is 0.167. The van der Waals surface area contributed by atoms with Crippen LogP contribution in [0.15, 0.2) is 35.0 Å². The molecule has 92 valence electrons. The van der Waals surface area contributed by atoms with Crippen LogP contribution in [0, 0.1) is 0 Å².